The zero-order valence-electron chi connectivity index (χ0n) is 29.5. The Morgan fingerprint density at radius 1 is 0.833 bits per heavy atom. The van der Waals surface area contributed by atoms with Crippen LogP contribution in [0.15, 0.2) is 24.3 Å². The van der Waals surface area contributed by atoms with Crippen molar-refractivity contribution in [2.45, 2.75) is 165 Å². The summed E-state index contributed by atoms with van der Waals surface area (Å²) in [4.78, 5) is 32.1. The van der Waals surface area contributed by atoms with Gasteiger partial charge in [0.05, 0.1) is 0 Å². The maximum absolute atomic E-state index is 14.0. The van der Waals surface area contributed by atoms with Gasteiger partial charge in [-0.1, -0.05) is 120 Å². The minimum Gasteiger partial charge on any atom is -0.307 e. The number of allylic oxidation sites excluding steroid dienone is 3. The third-order valence-corrected chi connectivity index (χ3v) is 11.2. The fraction of sp³-hybridized carbons (Fsp3) is 0.821. The van der Waals surface area contributed by atoms with Crippen LogP contribution in [-0.2, 0) is 14.4 Å². The van der Waals surface area contributed by atoms with E-state index in [2.05, 4.69) is 40.3 Å². The number of hydrogen-bond acceptors (Lipinski definition) is 3. The molecule has 0 amide bonds. The molecule has 0 aromatic rings. The normalized spacial score (nSPS) is 33.3. The lowest BCUT2D eigenvalue weighted by Crippen LogP contribution is -2.57. The van der Waals surface area contributed by atoms with Crippen molar-refractivity contribution in [1.82, 2.24) is 0 Å². The maximum atomic E-state index is 14.0. The molecular formula is C39H70O3. The van der Waals surface area contributed by atoms with Gasteiger partial charge in [-0.25, -0.2) is 0 Å². The van der Waals surface area contributed by atoms with Crippen molar-refractivity contribution < 1.29 is 14.4 Å². The average molecular weight is 587 g/mol. The number of hydrogen-bond donors (Lipinski definition) is 0. The molecule has 3 nitrogen and oxygen atoms in total. The smallest absolute Gasteiger partial charge is 0.162 e. The van der Waals surface area contributed by atoms with Crippen molar-refractivity contribution in [3.8, 4) is 0 Å². The quantitative estimate of drug-likeness (QED) is 0.199. The monoisotopic (exact) mass is 587 g/mol. The van der Waals surface area contributed by atoms with Gasteiger partial charge in [-0.2, -0.15) is 0 Å². The highest BCUT2D eigenvalue weighted by Gasteiger charge is 2.63. The van der Waals surface area contributed by atoms with Crippen LogP contribution in [0.1, 0.15) is 165 Å². The van der Waals surface area contributed by atoms with Gasteiger partial charge >= 0.3 is 0 Å². The van der Waals surface area contributed by atoms with E-state index in [1.165, 1.54) is 102 Å². The molecule has 0 aromatic carbocycles. The molecule has 4 fully saturated rings. The second-order valence-electron chi connectivity index (χ2n) is 13.0. The zero-order valence-corrected chi connectivity index (χ0v) is 29.5. The standard InChI is InChI=1S/C29H48O.C5H8O.2C2H6.CH2O/c1-5-7-8-9-10-14-21-16-17-24-26-25(18-20-28(21,24)3)29(4)19-12-11-15-23(29)22(13-6-2)27(26)30;1-3-5(6)4-2;3*1-2/h13,21,23-26H,5-12,14-20H2,1-4H3;3H,1,4H2,2H3;2*1-2H3;1H2/b22-13-;;;;/t21?,23?,24?,25?,26?,28-,29+;;;;/m1..../s1. The van der Waals surface area contributed by atoms with Crippen LogP contribution in [0, 0.1) is 40.4 Å². The largest absolute Gasteiger partial charge is 0.307 e. The number of Topliss-reactive ketones (excluding diaryl/α,β-unsaturated/α-hetero) is 1. The molecule has 0 spiro atoms. The second-order valence-corrected chi connectivity index (χ2v) is 13.0. The van der Waals surface area contributed by atoms with Crippen molar-refractivity contribution >= 4 is 18.4 Å². The number of unbranched alkanes of at least 4 members (excludes halogenated alkanes) is 4. The van der Waals surface area contributed by atoms with E-state index in [9.17, 15) is 9.59 Å². The first-order valence-corrected chi connectivity index (χ1v) is 18.0. The van der Waals surface area contributed by atoms with Crippen molar-refractivity contribution in [3.63, 3.8) is 0 Å². The average Bonchev–Trinajstić information content (AvgIpc) is 3.37. The summed E-state index contributed by atoms with van der Waals surface area (Å²) in [5.41, 5.74) is 2.09. The molecule has 244 valence electrons. The van der Waals surface area contributed by atoms with Crippen molar-refractivity contribution in [1.29, 1.82) is 0 Å². The van der Waals surface area contributed by atoms with Crippen LogP contribution in [0.4, 0.5) is 0 Å². The molecule has 4 aliphatic carbocycles. The third kappa shape index (κ3) is 9.49. The highest BCUT2D eigenvalue weighted by Crippen LogP contribution is 2.68. The molecule has 3 heteroatoms. The lowest BCUT2D eigenvalue weighted by atomic mass is 9.43. The highest BCUT2D eigenvalue weighted by atomic mass is 16.1. The zero-order chi connectivity index (χ0) is 32.3. The van der Waals surface area contributed by atoms with Crippen molar-refractivity contribution in [2.75, 3.05) is 0 Å². The van der Waals surface area contributed by atoms with Gasteiger partial charge in [-0.3, -0.25) is 9.59 Å². The van der Waals surface area contributed by atoms with Crippen LogP contribution in [0.3, 0.4) is 0 Å². The summed E-state index contributed by atoms with van der Waals surface area (Å²) in [6.07, 6.45) is 24.4. The van der Waals surface area contributed by atoms with E-state index in [1.54, 1.807) is 0 Å². The Morgan fingerprint density at radius 3 is 2.00 bits per heavy atom. The fourth-order valence-electron chi connectivity index (χ4n) is 9.11. The Bertz CT molecular complexity index is 812. The number of carbonyl (C=O) groups is 3. The molecular weight excluding hydrogens is 516 g/mol. The SMILES string of the molecule is C=CC(=O)CC.C=O.CC.CC.CC/C=C1\C(=O)C2C(CC[C@]3(C)C(CCCCCCC)CCC23)[C@@]2(C)CCCCC12. The predicted molar refractivity (Wildman–Crippen MR) is 183 cm³/mol. The van der Waals surface area contributed by atoms with E-state index in [0.29, 0.717) is 46.7 Å². The Kier molecular flexibility index (Phi) is 20.5. The van der Waals surface area contributed by atoms with Crippen LogP contribution >= 0.6 is 0 Å². The molecule has 4 aliphatic rings. The summed E-state index contributed by atoms with van der Waals surface area (Å²) >= 11 is 0. The Morgan fingerprint density at radius 2 is 1.45 bits per heavy atom. The Hall–Kier alpha value is -1.51. The minimum atomic E-state index is 0.106. The third-order valence-electron chi connectivity index (χ3n) is 11.2. The molecule has 5 unspecified atom stereocenters. The topological polar surface area (TPSA) is 51.2 Å². The van der Waals surface area contributed by atoms with E-state index in [0.717, 1.165) is 12.3 Å². The van der Waals surface area contributed by atoms with Crippen LogP contribution < -0.4 is 0 Å². The van der Waals surface area contributed by atoms with Crippen molar-refractivity contribution in [3.05, 3.63) is 24.3 Å². The van der Waals surface area contributed by atoms with Gasteiger partial charge < -0.3 is 4.79 Å². The van der Waals surface area contributed by atoms with E-state index >= 15 is 0 Å². The van der Waals surface area contributed by atoms with Crippen molar-refractivity contribution in [2.24, 2.45) is 40.4 Å². The molecule has 0 aliphatic heterocycles. The van der Waals surface area contributed by atoms with E-state index in [4.69, 9.17) is 4.79 Å². The lowest BCUT2D eigenvalue weighted by Gasteiger charge is -2.60. The Balaban J connectivity index is 0.00000122. The number of rotatable bonds is 9. The molecule has 42 heavy (non-hydrogen) atoms. The van der Waals surface area contributed by atoms with E-state index < -0.39 is 0 Å². The number of fused-ring (bicyclic) bond motifs is 5. The van der Waals surface area contributed by atoms with Crippen LogP contribution in [0.2, 0.25) is 0 Å². The van der Waals surface area contributed by atoms with Gasteiger partial charge in [0.25, 0.3) is 0 Å². The van der Waals surface area contributed by atoms with E-state index in [-0.39, 0.29) is 5.78 Å². The number of carbonyl (C=O) groups excluding carboxylic acids is 3. The van der Waals surface area contributed by atoms with Gasteiger partial charge in [0, 0.05) is 12.3 Å². The minimum absolute atomic E-state index is 0.106. The summed E-state index contributed by atoms with van der Waals surface area (Å²) in [6.45, 7) is 24.8. The Labute approximate surface area is 262 Å². The molecule has 0 saturated heterocycles. The molecule has 0 radical (unpaired) electrons. The van der Waals surface area contributed by atoms with Gasteiger partial charge in [0.15, 0.2) is 11.6 Å². The van der Waals surface area contributed by atoms with E-state index in [1.807, 2.05) is 41.4 Å². The predicted octanol–water partition coefficient (Wildman–Crippen LogP) is 11.5. The van der Waals surface area contributed by atoms with Gasteiger partial charge in [0.1, 0.15) is 6.79 Å². The summed E-state index contributed by atoms with van der Waals surface area (Å²) in [5.74, 6) is 3.79. The van der Waals surface area contributed by atoms with Gasteiger partial charge in [-0.05, 0) is 97.5 Å². The van der Waals surface area contributed by atoms with Crippen LogP contribution in [0.25, 0.3) is 0 Å². The maximum Gasteiger partial charge on any atom is 0.162 e. The molecule has 0 N–H and O–H groups in total. The molecule has 7 atom stereocenters. The number of ketones is 2. The molecule has 0 bridgehead atoms. The van der Waals surface area contributed by atoms with Gasteiger partial charge in [0.2, 0.25) is 0 Å². The van der Waals surface area contributed by atoms with Crippen LogP contribution in [-0.4, -0.2) is 18.4 Å². The highest BCUT2D eigenvalue weighted by molar-refractivity contribution is 5.99. The van der Waals surface area contributed by atoms with Gasteiger partial charge in [-0.15, -0.1) is 0 Å². The molecule has 4 rings (SSSR count). The lowest BCUT2D eigenvalue weighted by molar-refractivity contribution is -0.146. The molecule has 4 saturated carbocycles. The molecule has 0 aromatic heterocycles. The summed E-state index contributed by atoms with van der Waals surface area (Å²) in [5, 5.41) is 0. The fourth-order valence-corrected chi connectivity index (χ4v) is 9.11. The summed E-state index contributed by atoms with van der Waals surface area (Å²) in [7, 11) is 0. The molecule has 0 heterocycles. The second kappa shape index (κ2) is 21.2. The first kappa shape index (κ1) is 40.5. The summed E-state index contributed by atoms with van der Waals surface area (Å²) in [6, 6.07) is 0. The summed E-state index contributed by atoms with van der Waals surface area (Å²) < 4.78 is 0. The first-order valence-electron chi connectivity index (χ1n) is 18.0. The first-order chi connectivity index (χ1) is 20.3. The van der Waals surface area contributed by atoms with Crippen LogP contribution in [0.5, 0.6) is 0 Å².